The second kappa shape index (κ2) is 8.16. The van der Waals surface area contributed by atoms with Gasteiger partial charge in [0.1, 0.15) is 24.7 Å². The number of Topliss-reactive ketones (excluding diaryl/α,β-unsaturated/α-hetero) is 1. The van der Waals surface area contributed by atoms with E-state index in [4.69, 9.17) is 9.84 Å². The van der Waals surface area contributed by atoms with Crippen molar-refractivity contribution < 1.29 is 23.8 Å². The molecule has 0 aliphatic carbocycles. The van der Waals surface area contributed by atoms with Crippen molar-refractivity contribution in [2.75, 3.05) is 6.61 Å². The van der Waals surface area contributed by atoms with Crippen LogP contribution in [0.4, 0.5) is 4.39 Å². The van der Waals surface area contributed by atoms with Gasteiger partial charge in [0.05, 0.1) is 17.3 Å². The predicted molar refractivity (Wildman–Crippen MR) is 109 cm³/mol. The number of rotatable bonds is 7. The van der Waals surface area contributed by atoms with E-state index in [-0.39, 0.29) is 30.3 Å². The largest absolute Gasteiger partial charge is 0.486 e. The number of aromatic nitrogens is 2. The standard InChI is InChI=1S/C23H17FN2O4/c24-19-6-1-15(2-7-19)16-3-8-21(9-4-16)30-14-20(27)13-26-22-10-5-17(23(28)29)11-18(22)12-25-26/h1-12H,13-14H2,(H,28,29). The molecule has 0 aliphatic rings. The van der Waals surface area contributed by atoms with Crippen LogP contribution in [0.1, 0.15) is 10.4 Å². The normalized spacial score (nSPS) is 10.8. The van der Waals surface area contributed by atoms with E-state index in [2.05, 4.69) is 5.10 Å². The summed E-state index contributed by atoms with van der Waals surface area (Å²) in [5.41, 5.74) is 2.64. The molecule has 6 nitrogen and oxygen atoms in total. The number of hydrogen-bond acceptors (Lipinski definition) is 4. The fourth-order valence-corrected chi connectivity index (χ4v) is 3.11. The number of carbonyl (C=O) groups is 2. The predicted octanol–water partition coefficient (Wildman–Crippen LogP) is 4.19. The first kappa shape index (κ1) is 19.3. The summed E-state index contributed by atoms with van der Waals surface area (Å²) < 4.78 is 20.1. The molecule has 1 aromatic heterocycles. The number of carboxylic acids is 1. The zero-order valence-corrected chi connectivity index (χ0v) is 15.8. The van der Waals surface area contributed by atoms with Gasteiger partial charge in [-0.1, -0.05) is 24.3 Å². The molecule has 4 rings (SSSR count). The Labute approximate surface area is 171 Å². The third-order valence-corrected chi connectivity index (χ3v) is 4.65. The molecule has 0 spiro atoms. The minimum Gasteiger partial charge on any atom is -0.486 e. The van der Waals surface area contributed by atoms with E-state index in [1.807, 2.05) is 12.1 Å². The molecule has 0 aliphatic heterocycles. The Hall–Kier alpha value is -4.00. The third-order valence-electron chi connectivity index (χ3n) is 4.65. The summed E-state index contributed by atoms with van der Waals surface area (Å²) in [7, 11) is 0. The van der Waals surface area contributed by atoms with Crippen molar-refractivity contribution in [3.63, 3.8) is 0 Å². The van der Waals surface area contributed by atoms with Gasteiger partial charge in [-0.2, -0.15) is 5.10 Å². The summed E-state index contributed by atoms with van der Waals surface area (Å²) in [5, 5.41) is 13.9. The molecule has 0 amide bonds. The monoisotopic (exact) mass is 404 g/mol. The molecule has 0 fully saturated rings. The number of carboxylic acid groups (broad SMARTS) is 1. The van der Waals surface area contributed by atoms with E-state index in [9.17, 15) is 14.0 Å². The van der Waals surface area contributed by atoms with Crippen molar-refractivity contribution in [2.45, 2.75) is 6.54 Å². The van der Waals surface area contributed by atoms with E-state index in [0.717, 1.165) is 11.1 Å². The Bertz CT molecular complexity index is 1210. The molecule has 0 unspecified atom stereocenters. The second-order valence-corrected chi connectivity index (χ2v) is 6.74. The Morgan fingerprint density at radius 3 is 2.30 bits per heavy atom. The lowest BCUT2D eigenvalue weighted by Gasteiger charge is -2.08. The molecule has 1 N–H and O–H groups in total. The fraction of sp³-hybridized carbons (Fsp3) is 0.0870. The molecule has 1 heterocycles. The fourth-order valence-electron chi connectivity index (χ4n) is 3.11. The van der Waals surface area contributed by atoms with Gasteiger partial charge in [0.2, 0.25) is 0 Å². The summed E-state index contributed by atoms with van der Waals surface area (Å²) in [5.74, 6) is -0.931. The van der Waals surface area contributed by atoms with Gasteiger partial charge < -0.3 is 9.84 Å². The molecular formula is C23H17FN2O4. The van der Waals surface area contributed by atoms with E-state index in [1.54, 1.807) is 30.3 Å². The maximum atomic E-state index is 13.0. The number of halogens is 1. The van der Waals surface area contributed by atoms with Crippen LogP contribution in [0.2, 0.25) is 0 Å². The van der Waals surface area contributed by atoms with Crippen LogP contribution < -0.4 is 4.74 Å². The van der Waals surface area contributed by atoms with Crippen LogP contribution in [0.5, 0.6) is 5.75 Å². The lowest BCUT2D eigenvalue weighted by atomic mass is 10.1. The van der Waals surface area contributed by atoms with Gasteiger partial charge in [0.15, 0.2) is 5.78 Å². The van der Waals surface area contributed by atoms with Crippen molar-refractivity contribution >= 4 is 22.7 Å². The van der Waals surface area contributed by atoms with Gasteiger partial charge in [-0.05, 0) is 53.6 Å². The highest BCUT2D eigenvalue weighted by molar-refractivity contribution is 5.93. The highest BCUT2D eigenvalue weighted by Crippen LogP contribution is 2.23. The average molecular weight is 404 g/mol. The van der Waals surface area contributed by atoms with E-state index in [0.29, 0.717) is 16.7 Å². The first-order valence-corrected chi connectivity index (χ1v) is 9.19. The highest BCUT2D eigenvalue weighted by Gasteiger charge is 2.11. The zero-order chi connectivity index (χ0) is 21.1. The lowest BCUT2D eigenvalue weighted by Crippen LogP contribution is -2.18. The number of benzene rings is 3. The van der Waals surface area contributed by atoms with Crippen LogP contribution in [-0.4, -0.2) is 33.2 Å². The summed E-state index contributed by atoms with van der Waals surface area (Å²) in [4.78, 5) is 23.4. The van der Waals surface area contributed by atoms with Gasteiger partial charge in [0.25, 0.3) is 0 Å². The van der Waals surface area contributed by atoms with Crippen LogP contribution >= 0.6 is 0 Å². The van der Waals surface area contributed by atoms with Crippen molar-refractivity contribution in [1.29, 1.82) is 0 Å². The summed E-state index contributed by atoms with van der Waals surface area (Å²) in [6, 6.07) is 18.0. The number of hydrogen-bond donors (Lipinski definition) is 1. The van der Waals surface area contributed by atoms with Gasteiger partial charge in [0, 0.05) is 5.39 Å². The summed E-state index contributed by atoms with van der Waals surface area (Å²) in [6.07, 6.45) is 1.53. The van der Waals surface area contributed by atoms with Gasteiger partial charge in [-0.25, -0.2) is 9.18 Å². The molecule has 4 aromatic rings. The Kier molecular flexibility index (Phi) is 5.26. The number of aromatic carboxylic acids is 1. The van der Waals surface area contributed by atoms with Gasteiger partial charge >= 0.3 is 5.97 Å². The molecule has 3 aromatic carbocycles. The number of ketones is 1. The molecule has 0 saturated heterocycles. The van der Waals surface area contributed by atoms with Gasteiger partial charge in [-0.15, -0.1) is 0 Å². The first-order valence-electron chi connectivity index (χ1n) is 9.19. The van der Waals surface area contributed by atoms with Crippen molar-refractivity contribution in [1.82, 2.24) is 9.78 Å². The number of carbonyl (C=O) groups excluding carboxylic acids is 1. The topological polar surface area (TPSA) is 81.4 Å². The van der Waals surface area contributed by atoms with Crippen LogP contribution in [0.3, 0.4) is 0 Å². The van der Waals surface area contributed by atoms with Crippen LogP contribution in [-0.2, 0) is 11.3 Å². The summed E-state index contributed by atoms with van der Waals surface area (Å²) >= 11 is 0. The van der Waals surface area contributed by atoms with Crippen LogP contribution in [0.15, 0.2) is 72.9 Å². The van der Waals surface area contributed by atoms with Crippen molar-refractivity contribution in [3.8, 4) is 16.9 Å². The molecule has 30 heavy (non-hydrogen) atoms. The Morgan fingerprint density at radius 1 is 0.967 bits per heavy atom. The Balaban J connectivity index is 1.37. The average Bonchev–Trinajstić information content (AvgIpc) is 3.15. The number of fused-ring (bicyclic) bond motifs is 1. The molecular weight excluding hydrogens is 387 g/mol. The van der Waals surface area contributed by atoms with Crippen molar-refractivity contribution in [2.24, 2.45) is 0 Å². The molecule has 0 bridgehead atoms. The minimum absolute atomic E-state index is 0.0174. The van der Waals surface area contributed by atoms with Crippen LogP contribution in [0, 0.1) is 5.82 Å². The SMILES string of the molecule is O=C(COc1ccc(-c2ccc(F)cc2)cc1)Cn1ncc2cc(C(=O)O)ccc21. The first-order chi connectivity index (χ1) is 14.5. The Morgan fingerprint density at radius 2 is 1.63 bits per heavy atom. The van der Waals surface area contributed by atoms with Gasteiger partial charge in [-0.3, -0.25) is 9.48 Å². The molecule has 0 saturated carbocycles. The molecule has 7 heteroatoms. The highest BCUT2D eigenvalue weighted by atomic mass is 19.1. The van der Waals surface area contributed by atoms with E-state index < -0.39 is 5.97 Å². The number of nitrogens with zero attached hydrogens (tertiary/aromatic N) is 2. The van der Waals surface area contributed by atoms with E-state index >= 15 is 0 Å². The maximum absolute atomic E-state index is 13.0. The third kappa shape index (κ3) is 4.20. The molecule has 0 atom stereocenters. The van der Waals surface area contributed by atoms with Crippen molar-refractivity contribution in [3.05, 3.63) is 84.3 Å². The quantitative estimate of drug-likeness (QED) is 0.500. The smallest absolute Gasteiger partial charge is 0.335 e. The molecule has 150 valence electrons. The molecule has 0 radical (unpaired) electrons. The lowest BCUT2D eigenvalue weighted by molar-refractivity contribution is -0.121. The van der Waals surface area contributed by atoms with Crippen LogP contribution in [0.25, 0.3) is 22.0 Å². The summed E-state index contributed by atoms with van der Waals surface area (Å²) in [6.45, 7) is -0.103. The van der Waals surface area contributed by atoms with E-state index in [1.165, 1.54) is 35.1 Å². The second-order valence-electron chi connectivity index (χ2n) is 6.74. The minimum atomic E-state index is -1.01. The number of ether oxygens (including phenoxy) is 1. The maximum Gasteiger partial charge on any atom is 0.335 e. The zero-order valence-electron chi connectivity index (χ0n) is 15.8.